The van der Waals surface area contributed by atoms with Crippen molar-refractivity contribution in [1.29, 1.82) is 0 Å². The summed E-state index contributed by atoms with van der Waals surface area (Å²) < 4.78 is 6.33. The van der Waals surface area contributed by atoms with Gasteiger partial charge in [0.2, 0.25) is 0 Å². The molecule has 0 saturated carbocycles. The lowest BCUT2D eigenvalue weighted by atomic mass is 9.95. The Morgan fingerprint density at radius 3 is 2.25 bits per heavy atom. The maximum atomic E-state index is 13.0. The zero-order chi connectivity index (χ0) is 19.8. The second-order valence-electron chi connectivity index (χ2n) is 7.43. The summed E-state index contributed by atoms with van der Waals surface area (Å²) in [5.74, 6) is 0.644. The van der Waals surface area contributed by atoms with Gasteiger partial charge in [-0.15, -0.1) is 0 Å². The first kappa shape index (κ1) is 18.2. The van der Waals surface area contributed by atoms with Crippen LogP contribution in [0, 0.1) is 27.7 Å². The fourth-order valence-electron chi connectivity index (χ4n) is 3.78. The molecule has 0 aliphatic carbocycles. The quantitative estimate of drug-likeness (QED) is 0.434. The van der Waals surface area contributed by atoms with Gasteiger partial charge in [0.1, 0.15) is 11.3 Å². The molecular weight excluding hydrogens is 344 g/mol. The Morgan fingerprint density at radius 2 is 1.57 bits per heavy atom. The van der Waals surface area contributed by atoms with Gasteiger partial charge in [0.15, 0.2) is 5.43 Å². The molecule has 0 amide bonds. The van der Waals surface area contributed by atoms with Gasteiger partial charge in [-0.2, -0.15) is 0 Å². The second kappa shape index (κ2) is 7.12. The topological polar surface area (TPSA) is 30.2 Å². The summed E-state index contributed by atoms with van der Waals surface area (Å²) in [4.78, 5) is 13.0. The van der Waals surface area contributed by atoms with Gasteiger partial charge >= 0.3 is 0 Å². The van der Waals surface area contributed by atoms with Gasteiger partial charge in [-0.05, 0) is 61.6 Å². The van der Waals surface area contributed by atoms with E-state index in [9.17, 15) is 4.79 Å². The van der Waals surface area contributed by atoms with Crippen LogP contribution in [-0.4, -0.2) is 0 Å². The van der Waals surface area contributed by atoms with E-state index in [0.29, 0.717) is 28.7 Å². The molecule has 0 aliphatic rings. The van der Waals surface area contributed by atoms with E-state index in [4.69, 9.17) is 4.42 Å². The van der Waals surface area contributed by atoms with Crippen molar-refractivity contribution in [3.8, 4) is 11.3 Å². The van der Waals surface area contributed by atoms with Crippen molar-refractivity contribution in [2.24, 2.45) is 0 Å². The van der Waals surface area contributed by atoms with Gasteiger partial charge in [0, 0.05) is 17.5 Å². The Hall–Kier alpha value is -3.13. The number of aryl methyl sites for hydroxylation is 2. The van der Waals surface area contributed by atoms with Crippen LogP contribution in [0.15, 0.2) is 69.9 Å². The van der Waals surface area contributed by atoms with Crippen LogP contribution in [0.25, 0.3) is 22.3 Å². The third kappa shape index (κ3) is 3.16. The van der Waals surface area contributed by atoms with Crippen LogP contribution >= 0.6 is 0 Å². The zero-order valence-corrected chi connectivity index (χ0v) is 16.5. The van der Waals surface area contributed by atoms with E-state index < -0.39 is 0 Å². The van der Waals surface area contributed by atoms with E-state index in [-0.39, 0.29) is 5.43 Å². The van der Waals surface area contributed by atoms with Crippen molar-refractivity contribution in [3.63, 3.8) is 0 Å². The van der Waals surface area contributed by atoms with Crippen LogP contribution in [0.2, 0.25) is 0 Å². The van der Waals surface area contributed by atoms with Crippen molar-refractivity contribution < 1.29 is 4.42 Å². The summed E-state index contributed by atoms with van der Waals surface area (Å²) >= 11 is 0. The first-order valence-electron chi connectivity index (χ1n) is 9.48. The normalized spacial score (nSPS) is 11.1. The Balaban J connectivity index is 1.91. The average molecular weight is 367 g/mol. The molecule has 28 heavy (non-hydrogen) atoms. The minimum Gasteiger partial charge on any atom is -0.455 e. The van der Waals surface area contributed by atoms with Gasteiger partial charge < -0.3 is 4.42 Å². The third-order valence-corrected chi connectivity index (χ3v) is 5.41. The summed E-state index contributed by atoms with van der Waals surface area (Å²) in [6, 6.07) is 20.0. The lowest BCUT2D eigenvalue weighted by molar-refractivity contribution is 0.610. The van der Waals surface area contributed by atoms with Gasteiger partial charge in [-0.3, -0.25) is 4.79 Å². The maximum absolute atomic E-state index is 13.0. The average Bonchev–Trinajstić information content (AvgIpc) is 2.70. The van der Waals surface area contributed by atoms with Crippen molar-refractivity contribution in [2.75, 3.05) is 0 Å². The Kier molecular flexibility index (Phi) is 4.64. The molecule has 0 N–H and O–H groups in total. The van der Waals surface area contributed by atoms with Crippen LogP contribution in [0.1, 0.15) is 33.4 Å². The van der Waals surface area contributed by atoms with Crippen LogP contribution < -0.4 is 5.43 Å². The van der Waals surface area contributed by atoms with Crippen LogP contribution in [0.3, 0.4) is 0 Å². The summed E-state index contributed by atoms with van der Waals surface area (Å²) in [5, 5.41) is 0.636. The van der Waals surface area contributed by atoms with E-state index in [1.165, 1.54) is 16.7 Å². The highest BCUT2D eigenvalue weighted by atomic mass is 16.3. The largest absolute Gasteiger partial charge is 0.455 e. The molecule has 2 nitrogen and oxygen atoms in total. The molecule has 1 heterocycles. The minimum atomic E-state index is 0.0300. The monoisotopic (exact) mass is 367 g/mol. The maximum Gasteiger partial charge on any atom is 0.196 e. The number of fused-ring (bicyclic) bond motifs is 1. The highest BCUT2D eigenvalue weighted by Gasteiger charge is 2.15. The van der Waals surface area contributed by atoms with Gasteiger partial charge in [-0.1, -0.05) is 54.6 Å². The van der Waals surface area contributed by atoms with Crippen LogP contribution in [0.5, 0.6) is 0 Å². The van der Waals surface area contributed by atoms with Crippen molar-refractivity contribution >= 4 is 11.0 Å². The van der Waals surface area contributed by atoms with E-state index in [1.807, 2.05) is 55.5 Å². The molecule has 0 aliphatic heterocycles. The summed E-state index contributed by atoms with van der Waals surface area (Å²) in [7, 11) is 0. The molecule has 2 heteroatoms. The van der Waals surface area contributed by atoms with Gasteiger partial charge in [0.05, 0.1) is 5.39 Å². The van der Waals surface area contributed by atoms with Crippen molar-refractivity contribution in [3.05, 3.63) is 111 Å². The number of hydrogen-bond donors (Lipinski definition) is 0. The number of benzene rings is 3. The molecule has 1 aromatic heterocycles. The standard InChI is InChI=1S/C26H23O2/c1-16-13-20(14-17(2)18(16)3)15-22-11-8-12-23-24(27)19(4)25(28-26(22)23)21-9-6-5-7-10-21/h5-14H,3,15H2,1-2,4H3. The Morgan fingerprint density at radius 1 is 0.893 bits per heavy atom. The summed E-state index contributed by atoms with van der Waals surface area (Å²) in [6.07, 6.45) is 0.708. The third-order valence-electron chi connectivity index (χ3n) is 5.41. The minimum absolute atomic E-state index is 0.0300. The fourth-order valence-corrected chi connectivity index (χ4v) is 3.78. The second-order valence-corrected chi connectivity index (χ2v) is 7.43. The molecule has 0 fully saturated rings. The molecule has 3 aromatic carbocycles. The van der Waals surface area contributed by atoms with Gasteiger partial charge in [0.25, 0.3) is 0 Å². The molecule has 4 aromatic rings. The van der Waals surface area contributed by atoms with Crippen LogP contribution in [0.4, 0.5) is 0 Å². The lowest BCUT2D eigenvalue weighted by Gasteiger charge is -2.12. The van der Waals surface area contributed by atoms with E-state index in [0.717, 1.165) is 16.7 Å². The van der Waals surface area contributed by atoms with E-state index in [2.05, 4.69) is 32.9 Å². The lowest BCUT2D eigenvalue weighted by Crippen LogP contribution is -2.08. The number of para-hydroxylation sites is 1. The summed E-state index contributed by atoms with van der Waals surface area (Å²) in [6.45, 7) is 10.1. The first-order chi connectivity index (χ1) is 13.5. The molecule has 0 spiro atoms. The molecular formula is C26H23O2. The molecule has 1 radical (unpaired) electrons. The molecule has 4 rings (SSSR count). The van der Waals surface area contributed by atoms with Crippen molar-refractivity contribution in [2.45, 2.75) is 27.2 Å². The predicted molar refractivity (Wildman–Crippen MR) is 116 cm³/mol. The van der Waals surface area contributed by atoms with E-state index in [1.54, 1.807) is 0 Å². The van der Waals surface area contributed by atoms with Crippen molar-refractivity contribution in [1.82, 2.24) is 0 Å². The summed E-state index contributed by atoms with van der Waals surface area (Å²) in [5.41, 5.74) is 7.91. The SMILES string of the molecule is [CH2]c1c(C)cc(Cc2cccc3c(=O)c(C)c(-c4ccccc4)oc23)cc1C. The van der Waals surface area contributed by atoms with E-state index >= 15 is 0 Å². The highest BCUT2D eigenvalue weighted by Crippen LogP contribution is 2.28. The Bertz CT molecular complexity index is 1210. The Labute approximate surface area is 165 Å². The molecule has 0 atom stereocenters. The molecule has 139 valence electrons. The smallest absolute Gasteiger partial charge is 0.196 e. The highest BCUT2D eigenvalue weighted by molar-refractivity contribution is 5.83. The van der Waals surface area contributed by atoms with Crippen LogP contribution in [-0.2, 0) is 6.42 Å². The predicted octanol–water partition coefficient (Wildman–Crippen LogP) is 6.16. The first-order valence-corrected chi connectivity index (χ1v) is 9.48. The fraction of sp³-hybridized carbons (Fsp3) is 0.154. The van der Waals surface area contributed by atoms with Gasteiger partial charge in [-0.25, -0.2) is 0 Å². The number of rotatable bonds is 3. The molecule has 0 bridgehead atoms. The zero-order valence-electron chi connectivity index (χ0n) is 16.5. The number of hydrogen-bond acceptors (Lipinski definition) is 2. The molecule has 0 saturated heterocycles. The molecule has 0 unspecified atom stereocenters.